The van der Waals surface area contributed by atoms with Crippen molar-refractivity contribution >= 4 is 17.7 Å². The summed E-state index contributed by atoms with van der Waals surface area (Å²) in [5, 5.41) is 12.2. The van der Waals surface area contributed by atoms with E-state index in [-0.39, 0.29) is 23.1 Å². The zero-order chi connectivity index (χ0) is 27.2. The molecule has 1 aliphatic heterocycles. The Labute approximate surface area is 228 Å². The van der Waals surface area contributed by atoms with Crippen LogP contribution in [0.15, 0.2) is 114 Å². The molecule has 198 valence electrons. The van der Waals surface area contributed by atoms with Crippen LogP contribution < -0.4 is 10.3 Å². The number of carbonyl (C=O) groups excluding carboxylic acids is 1. The van der Waals surface area contributed by atoms with E-state index >= 15 is 0 Å². The Balaban J connectivity index is 1.43. The van der Waals surface area contributed by atoms with Crippen molar-refractivity contribution in [2.75, 3.05) is 20.2 Å². The van der Waals surface area contributed by atoms with Crippen molar-refractivity contribution in [1.29, 1.82) is 0 Å². The first kappa shape index (κ1) is 26.2. The minimum absolute atomic E-state index is 0.0835. The average Bonchev–Trinajstić information content (AvgIpc) is 3.01. The molecule has 0 radical (unpaired) electrons. The third kappa shape index (κ3) is 5.42. The fourth-order valence-corrected chi connectivity index (χ4v) is 5.40. The number of ether oxygens (including phenoxy) is 1. The van der Waals surface area contributed by atoms with Crippen molar-refractivity contribution in [2.24, 2.45) is 5.92 Å². The van der Waals surface area contributed by atoms with Crippen LogP contribution in [0.2, 0.25) is 0 Å². The summed E-state index contributed by atoms with van der Waals surface area (Å²) >= 11 is 0. The summed E-state index contributed by atoms with van der Waals surface area (Å²) in [6.45, 7) is 0.931. The Bertz CT molecular complexity index is 1450. The van der Waals surface area contributed by atoms with Crippen LogP contribution in [0, 0.1) is 5.92 Å². The minimum atomic E-state index is -1.17. The van der Waals surface area contributed by atoms with Gasteiger partial charge in [-0.05, 0) is 59.7 Å². The Morgan fingerprint density at radius 1 is 0.846 bits per heavy atom. The quantitative estimate of drug-likeness (QED) is 0.347. The molecule has 0 bridgehead atoms. The molecule has 0 aliphatic carbocycles. The van der Waals surface area contributed by atoms with Gasteiger partial charge < -0.3 is 14.7 Å². The number of benzene rings is 3. The molecular weight excluding hydrogens is 488 g/mol. The topological polar surface area (TPSA) is 71.8 Å². The number of amides is 1. The third-order valence-electron chi connectivity index (χ3n) is 7.52. The van der Waals surface area contributed by atoms with Crippen molar-refractivity contribution < 1.29 is 14.6 Å². The lowest BCUT2D eigenvalue weighted by molar-refractivity contribution is -0.128. The summed E-state index contributed by atoms with van der Waals surface area (Å²) < 4.78 is 6.64. The van der Waals surface area contributed by atoms with Gasteiger partial charge in [0, 0.05) is 25.4 Å². The number of nitrogens with zero attached hydrogens (tertiary/aromatic N) is 2. The van der Waals surface area contributed by atoms with Crippen LogP contribution in [0.1, 0.15) is 29.5 Å². The second kappa shape index (κ2) is 11.5. The van der Waals surface area contributed by atoms with E-state index in [1.807, 2.05) is 84.9 Å². The lowest BCUT2D eigenvalue weighted by Crippen LogP contribution is -2.46. The number of hydrogen-bond donors (Lipinski definition) is 1. The molecule has 39 heavy (non-hydrogen) atoms. The maximum Gasteiger partial charge on any atom is 0.270 e. The second-order valence-electron chi connectivity index (χ2n) is 9.78. The van der Waals surface area contributed by atoms with Crippen LogP contribution in [-0.4, -0.2) is 40.7 Å². The van der Waals surface area contributed by atoms with Crippen molar-refractivity contribution in [2.45, 2.75) is 18.4 Å². The summed E-state index contributed by atoms with van der Waals surface area (Å²) in [5.41, 5.74) is 1.31. The fraction of sp³-hybridized carbons (Fsp3) is 0.212. The van der Waals surface area contributed by atoms with Gasteiger partial charge in [-0.25, -0.2) is 0 Å². The van der Waals surface area contributed by atoms with Gasteiger partial charge in [0.15, 0.2) is 0 Å². The molecular formula is C33H32N2O4. The van der Waals surface area contributed by atoms with E-state index in [1.165, 1.54) is 10.6 Å². The number of piperidine rings is 1. The van der Waals surface area contributed by atoms with Crippen LogP contribution in [0.25, 0.3) is 11.8 Å². The zero-order valence-electron chi connectivity index (χ0n) is 21.9. The second-order valence-corrected chi connectivity index (χ2v) is 9.78. The number of pyridine rings is 1. The Kier molecular flexibility index (Phi) is 7.75. The van der Waals surface area contributed by atoms with Gasteiger partial charge >= 0.3 is 0 Å². The molecule has 0 unspecified atom stereocenters. The Hall–Kier alpha value is -4.42. The smallest absolute Gasteiger partial charge is 0.270 e. The molecule has 5 rings (SSSR count). The molecule has 1 amide bonds. The SMILES string of the molecule is COc1ccc(/C=C(\C(=O)N2CCC(C(O)(c3ccccc3)c3ccccc3)CC2)n2ccccc2=O)cc1. The molecule has 6 nitrogen and oxygen atoms in total. The first-order valence-corrected chi connectivity index (χ1v) is 13.2. The van der Waals surface area contributed by atoms with Crippen molar-refractivity contribution in [3.8, 4) is 5.75 Å². The maximum atomic E-state index is 13.9. The standard InChI is InChI=1S/C33H32N2O4/c1-39-29-17-15-25(16-18-29)24-30(35-21-9-8-14-31(35)36)32(37)34-22-19-28(20-23-34)33(38,26-10-4-2-5-11-26)27-12-6-3-7-13-27/h2-18,21,24,28,38H,19-20,22-23H2,1H3/b30-24+. The monoisotopic (exact) mass is 520 g/mol. The first-order valence-electron chi connectivity index (χ1n) is 13.2. The van der Waals surface area contributed by atoms with Crippen LogP contribution in [0.4, 0.5) is 0 Å². The van der Waals surface area contributed by atoms with E-state index in [0.29, 0.717) is 31.7 Å². The molecule has 4 aromatic rings. The molecule has 1 N–H and O–H groups in total. The third-order valence-corrected chi connectivity index (χ3v) is 7.52. The number of hydrogen-bond acceptors (Lipinski definition) is 4. The highest BCUT2D eigenvalue weighted by atomic mass is 16.5. The molecule has 0 atom stereocenters. The highest BCUT2D eigenvalue weighted by Gasteiger charge is 2.42. The Morgan fingerprint density at radius 2 is 1.41 bits per heavy atom. The number of aliphatic hydroxyl groups is 1. The minimum Gasteiger partial charge on any atom is -0.497 e. The van der Waals surface area contributed by atoms with Crippen LogP contribution in [0.5, 0.6) is 5.75 Å². The number of likely N-dealkylation sites (tertiary alicyclic amines) is 1. The average molecular weight is 521 g/mol. The van der Waals surface area contributed by atoms with E-state index in [2.05, 4.69) is 0 Å². The van der Waals surface area contributed by atoms with Gasteiger partial charge in [0.2, 0.25) is 0 Å². The summed E-state index contributed by atoms with van der Waals surface area (Å²) in [5.74, 6) is 0.406. The van der Waals surface area contributed by atoms with E-state index in [9.17, 15) is 14.7 Å². The molecule has 3 aromatic carbocycles. The molecule has 2 heterocycles. The zero-order valence-corrected chi connectivity index (χ0v) is 21.9. The van der Waals surface area contributed by atoms with E-state index in [0.717, 1.165) is 16.7 Å². The number of rotatable bonds is 7. The number of methoxy groups -OCH3 is 1. The van der Waals surface area contributed by atoms with Gasteiger partial charge in [-0.1, -0.05) is 78.9 Å². The largest absolute Gasteiger partial charge is 0.497 e. The van der Waals surface area contributed by atoms with Gasteiger partial charge in [0.1, 0.15) is 17.0 Å². The van der Waals surface area contributed by atoms with Gasteiger partial charge in [-0.2, -0.15) is 0 Å². The number of carbonyl (C=O) groups is 1. The number of aromatic nitrogens is 1. The molecule has 1 aromatic heterocycles. The fourth-order valence-electron chi connectivity index (χ4n) is 5.40. The van der Waals surface area contributed by atoms with Gasteiger partial charge in [-0.15, -0.1) is 0 Å². The van der Waals surface area contributed by atoms with Gasteiger partial charge in [-0.3, -0.25) is 14.2 Å². The highest BCUT2D eigenvalue weighted by Crippen LogP contribution is 2.42. The van der Waals surface area contributed by atoms with Gasteiger partial charge in [0.25, 0.3) is 11.5 Å². The Morgan fingerprint density at radius 3 is 1.95 bits per heavy atom. The molecule has 0 spiro atoms. The van der Waals surface area contributed by atoms with E-state index in [4.69, 9.17) is 4.74 Å². The highest BCUT2D eigenvalue weighted by molar-refractivity contribution is 6.18. The lowest BCUT2D eigenvalue weighted by Gasteiger charge is -2.42. The van der Waals surface area contributed by atoms with Crippen LogP contribution >= 0.6 is 0 Å². The van der Waals surface area contributed by atoms with Crippen LogP contribution in [0.3, 0.4) is 0 Å². The van der Waals surface area contributed by atoms with E-state index < -0.39 is 5.60 Å². The first-order chi connectivity index (χ1) is 19.0. The summed E-state index contributed by atoms with van der Waals surface area (Å²) in [6.07, 6.45) is 4.59. The maximum absolute atomic E-state index is 13.9. The molecule has 6 heteroatoms. The van der Waals surface area contributed by atoms with E-state index in [1.54, 1.807) is 36.4 Å². The summed E-state index contributed by atoms with van der Waals surface area (Å²) in [4.78, 5) is 28.4. The van der Waals surface area contributed by atoms with Crippen molar-refractivity contribution in [1.82, 2.24) is 9.47 Å². The van der Waals surface area contributed by atoms with Crippen LogP contribution in [-0.2, 0) is 10.4 Å². The predicted octanol–water partition coefficient (Wildman–Crippen LogP) is 5.03. The molecule has 1 saturated heterocycles. The van der Waals surface area contributed by atoms with Gasteiger partial charge in [0.05, 0.1) is 7.11 Å². The molecule has 0 saturated carbocycles. The predicted molar refractivity (Wildman–Crippen MR) is 153 cm³/mol. The molecule has 1 aliphatic rings. The lowest BCUT2D eigenvalue weighted by atomic mass is 9.72. The van der Waals surface area contributed by atoms with Crippen molar-refractivity contribution in [3.63, 3.8) is 0 Å². The van der Waals surface area contributed by atoms with Crippen molar-refractivity contribution in [3.05, 3.63) is 136 Å². The summed E-state index contributed by atoms with van der Waals surface area (Å²) in [7, 11) is 1.60. The summed E-state index contributed by atoms with van der Waals surface area (Å²) in [6, 6.07) is 31.7. The normalized spacial score (nSPS) is 14.7. The molecule has 1 fully saturated rings.